The van der Waals surface area contributed by atoms with Gasteiger partial charge in [0.1, 0.15) is 11.8 Å². The number of phenolic OH excluding ortho intramolecular Hbond substituents is 1. The molecule has 27 heavy (non-hydrogen) atoms. The number of hydrogen-bond acceptors (Lipinski definition) is 7. The quantitative estimate of drug-likeness (QED) is 0.444. The minimum Gasteiger partial charge on any atom is -0.506 e. The molecule has 3 rings (SSSR count). The van der Waals surface area contributed by atoms with Gasteiger partial charge in [0.05, 0.1) is 10.6 Å². The number of thioether (sulfide) groups is 1. The van der Waals surface area contributed by atoms with Gasteiger partial charge in [0.15, 0.2) is 12.4 Å². The van der Waals surface area contributed by atoms with Crippen molar-refractivity contribution < 1.29 is 29.0 Å². The summed E-state index contributed by atoms with van der Waals surface area (Å²) >= 11 is 1.55. The Morgan fingerprint density at radius 2 is 2.15 bits per heavy atom. The van der Waals surface area contributed by atoms with Gasteiger partial charge in [0.2, 0.25) is 11.8 Å². The van der Waals surface area contributed by atoms with E-state index in [1.807, 2.05) is 6.92 Å². The smallest absolute Gasteiger partial charge is 0.330 e. The number of aromatic hydroxyl groups is 1. The highest BCUT2D eigenvalue weighted by atomic mass is 32.2. The Hall–Kier alpha value is -2.55. The molecule has 1 aromatic rings. The van der Waals surface area contributed by atoms with Crippen molar-refractivity contribution in [3.05, 3.63) is 23.8 Å². The molecule has 2 aliphatic rings. The highest BCUT2D eigenvalue weighted by molar-refractivity contribution is 8.01. The number of esters is 1. The first-order chi connectivity index (χ1) is 12.7. The molecule has 0 spiro atoms. The van der Waals surface area contributed by atoms with Crippen LogP contribution in [0, 0.1) is 0 Å². The van der Waals surface area contributed by atoms with Gasteiger partial charge in [-0.3, -0.25) is 14.4 Å². The summed E-state index contributed by atoms with van der Waals surface area (Å²) in [4.78, 5) is 49.1. The number of rotatable bonds is 5. The van der Waals surface area contributed by atoms with Gasteiger partial charge in [-0.25, -0.2) is 4.79 Å². The van der Waals surface area contributed by atoms with Crippen LogP contribution in [0.25, 0.3) is 0 Å². The van der Waals surface area contributed by atoms with Crippen LogP contribution in [0.2, 0.25) is 0 Å². The molecule has 9 heteroatoms. The molecule has 2 N–H and O–H groups in total. The lowest BCUT2D eigenvalue weighted by atomic mass is 10.1. The first-order valence-electron chi connectivity index (χ1n) is 8.48. The second-order valence-electron chi connectivity index (χ2n) is 6.71. The monoisotopic (exact) mass is 392 g/mol. The van der Waals surface area contributed by atoms with Crippen LogP contribution in [0.3, 0.4) is 0 Å². The topological polar surface area (TPSA) is 113 Å². The van der Waals surface area contributed by atoms with Crippen molar-refractivity contribution in [2.75, 3.05) is 17.7 Å². The maximum absolute atomic E-state index is 12.4. The predicted molar refractivity (Wildman–Crippen MR) is 98.4 cm³/mol. The summed E-state index contributed by atoms with van der Waals surface area (Å²) in [5.74, 6) is -1.27. The van der Waals surface area contributed by atoms with E-state index < -0.39 is 30.3 Å². The first kappa shape index (κ1) is 19.2. The number of carbonyl (C=O) groups excluding carboxylic acids is 4. The largest absolute Gasteiger partial charge is 0.506 e. The summed E-state index contributed by atoms with van der Waals surface area (Å²) in [6, 6.07) is 3.29. The Kier molecular flexibility index (Phi) is 5.14. The lowest BCUT2D eigenvalue weighted by Crippen LogP contribution is -2.46. The third kappa shape index (κ3) is 3.78. The van der Waals surface area contributed by atoms with Crippen LogP contribution < -0.4 is 5.32 Å². The maximum Gasteiger partial charge on any atom is 0.330 e. The molecule has 2 amide bonds. The van der Waals surface area contributed by atoms with Gasteiger partial charge < -0.3 is 20.1 Å². The van der Waals surface area contributed by atoms with Gasteiger partial charge in [-0.2, -0.15) is 0 Å². The molecule has 2 atom stereocenters. The highest BCUT2D eigenvalue weighted by Crippen LogP contribution is 2.47. The fourth-order valence-corrected chi connectivity index (χ4v) is 4.73. The van der Waals surface area contributed by atoms with Gasteiger partial charge in [0, 0.05) is 24.7 Å². The lowest BCUT2D eigenvalue weighted by Gasteiger charge is -2.29. The number of hydrogen-bond donors (Lipinski definition) is 2. The van der Waals surface area contributed by atoms with Crippen LogP contribution in [0.15, 0.2) is 18.2 Å². The second kappa shape index (κ2) is 7.22. The fraction of sp³-hybridized carbons (Fsp3) is 0.444. The van der Waals surface area contributed by atoms with Crippen molar-refractivity contribution in [3.8, 4) is 5.75 Å². The van der Waals surface area contributed by atoms with Gasteiger partial charge in [-0.1, -0.05) is 0 Å². The van der Waals surface area contributed by atoms with E-state index in [1.165, 1.54) is 25.1 Å². The van der Waals surface area contributed by atoms with Crippen LogP contribution in [0.5, 0.6) is 5.75 Å². The van der Waals surface area contributed by atoms with Gasteiger partial charge in [-0.15, -0.1) is 11.8 Å². The van der Waals surface area contributed by atoms with Crippen LogP contribution in [0.4, 0.5) is 5.69 Å². The van der Waals surface area contributed by atoms with Gasteiger partial charge in [0.25, 0.3) is 0 Å². The number of ether oxygens (including phenoxy) is 1. The zero-order valence-electron chi connectivity index (χ0n) is 15.0. The number of phenols is 1. The normalized spacial score (nSPS) is 23.9. The summed E-state index contributed by atoms with van der Waals surface area (Å²) < 4.78 is 5.15. The first-order valence-corrected chi connectivity index (χ1v) is 9.46. The summed E-state index contributed by atoms with van der Waals surface area (Å²) in [6.45, 7) is 2.73. The number of ketones is 1. The summed E-state index contributed by atoms with van der Waals surface area (Å²) in [6.07, 6.45) is 1.10. The minimum absolute atomic E-state index is 0.0748. The average Bonchev–Trinajstić information content (AvgIpc) is 3.10. The number of fused-ring (bicyclic) bond motifs is 1. The molecule has 2 saturated heterocycles. The van der Waals surface area contributed by atoms with Crippen LogP contribution in [-0.2, 0) is 19.1 Å². The van der Waals surface area contributed by atoms with Crippen molar-refractivity contribution in [3.63, 3.8) is 0 Å². The molecule has 0 bridgehead atoms. The number of anilines is 1. The fourth-order valence-electron chi connectivity index (χ4n) is 3.31. The molecule has 0 aliphatic carbocycles. The SMILES string of the molecule is CC(=O)Nc1cc(C(=O)COC(=O)[C@H]2CS[C@]3(C)CCC(=O)N23)ccc1O. The Bertz CT molecular complexity index is 826. The molecule has 144 valence electrons. The van der Waals surface area contributed by atoms with E-state index in [2.05, 4.69) is 5.32 Å². The Labute approximate surface area is 160 Å². The number of benzene rings is 1. The van der Waals surface area contributed by atoms with E-state index in [1.54, 1.807) is 16.7 Å². The van der Waals surface area contributed by atoms with Crippen LogP contribution >= 0.6 is 11.8 Å². The summed E-state index contributed by atoms with van der Waals surface area (Å²) in [7, 11) is 0. The van der Waals surface area contributed by atoms with Crippen molar-refractivity contribution in [2.24, 2.45) is 0 Å². The molecule has 8 nitrogen and oxygen atoms in total. The van der Waals surface area contributed by atoms with E-state index >= 15 is 0 Å². The van der Waals surface area contributed by atoms with Crippen LogP contribution in [0.1, 0.15) is 37.0 Å². The van der Waals surface area contributed by atoms with Crippen LogP contribution in [-0.4, -0.2) is 56.8 Å². The molecule has 0 aromatic heterocycles. The third-order valence-corrected chi connectivity index (χ3v) is 6.20. The molecule has 2 heterocycles. The Morgan fingerprint density at radius 1 is 1.41 bits per heavy atom. The van der Waals surface area contributed by atoms with Crippen molar-refractivity contribution in [2.45, 2.75) is 37.6 Å². The average molecular weight is 392 g/mol. The number of nitrogens with one attached hydrogen (secondary N) is 1. The number of carbonyl (C=O) groups is 4. The summed E-state index contributed by atoms with van der Waals surface area (Å²) in [5, 5.41) is 12.1. The molecular formula is C18H20N2O6S. The van der Waals surface area contributed by atoms with Crippen molar-refractivity contribution in [1.29, 1.82) is 0 Å². The minimum atomic E-state index is -0.683. The zero-order valence-corrected chi connectivity index (χ0v) is 15.8. The standard InChI is InChI=1S/C18H20N2O6S/c1-10(21)19-12-7-11(3-4-14(12)22)15(23)8-26-17(25)13-9-27-18(2)6-5-16(24)20(13)18/h3-4,7,13,22H,5-6,8-9H2,1-2H3,(H,19,21)/t13-,18-/m1/s1. The second-order valence-corrected chi connectivity index (χ2v) is 8.21. The molecule has 0 saturated carbocycles. The predicted octanol–water partition coefficient (Wildman–Crippen LogP) is 1.53. The van der Waals surface area contributed by atoms with E-state index in [4.69, 9.17) is 4.74 Å². The summed E-state index contributed by atoms with van der Waals surface area (Å²) in [5.41, 5.74) is 0.289. The number of nitrogens with zero attached hydrogens (tertiary/aromatic N) is 1. The van der Waals surface area contributed by atoms with Gasteiger partial charge >= 0.3 is 5.97 Å². The Morgan fingerprint density at radius 3 is 2.85 bits per heavy atom. The molecular weight excluding hydrogens is 372 g/mol. The number of Topliss-reactive ketones (excluding diaryl/α,β-unsaturated/α-hetero) is 1. The molecule has 2 aliphatic heterocycles. The molecule has 0 radical (unpaired) electrons. The van der Waals surface area contributed by atoms with Crippen molar-refractivity contribution in [1.82, 2.24) is 4.90 Å². The number of amides is 2. The lowest BCUT2D eigenvalue weighted by molar-refractivity contribution is -0.152. The maximum atomic E-state index is 12.4. The van der Waals surface area contributed by atoms with Gasteiger partial charge in [-0.05, 0) is 31.5 Å². The van der Waals surface area contributed by atoms with E-state index in [9.17, 15) is 24.3 Å². The molecule has 2 fully saturated rings. The van der Waals surface area contributed by atoms with E-state index in [0.29, 0.717) is 18.6 Å². The molecule has 1 aromatic carbocycles. The van der Waals surface area contributed by atoms with Crippen molar-refractivity contribution >= 4 is 41.0 Å². The molecule has 0 unspecified atom stereocenters. The van der Waals surface area contributed by atoms with E-state index in [-0.39, 0.29) is 27.8 Å². The third-order valence-electron chi connectivity index (χ3n) is 4.69. The Balaban J connectivity index is 1.63. The van der Waals surface area contributed by atoms with E-state index in [0.717, 1.165) is 0 Å². The zero-order chi connectivity index (χ0) is 19.8. The highest BCUT2D eigenvalue weighted by Gasteiger charge is 2.53.